The van der Waals surface area contributed by atoms with Crippen molar-refractivity contribution in [1.82, 2.24) is 0 Å². The van der Waals surface area contributed by atoms with Gasteiger partial charge < -0.3 is 10.0 Å². The fourth-order valence-corrected chi connectivity index (χ4v) is 0.799. The van der Waals surface area contributed by atoms with Gasteiger partial charge in [-0.15, -0.1) is 0 Å². The molecule has 1 aromatic rings. The van der Waals surface area contributed by atoms with Gasteiger partial charge in [0.1, 0.15) is 0 Å². The summed E-state index contributed by atoms with van der Waals surface area (Å²) in [6, 6.07) is 5.20. The predicted molar refractivity (Wildman–Crippen MR) is 47.2 cm³/mol. The average Bonchev–Trinajstić information content (AvgIpc) is 2.04. The van der Waals surface area contributed by atoms with E-state index in [0.717, 1.165) is 6.07 Å². The summed E-state index contributed by atoms with van der Waals surface area (Å²) in [5.74, 6) is 0. The first kappa shape index (κ1) is 8.70. The van der Waals surface area contributed by atoms with Crippen molar-refractivity contribution in [2.24, 2.45) is 0 Å². The standard InChI is InChI=1S/C6H6BNO4.2H2/c9-7(10)5-2-1-3-6(4-5)8(11)12;;/h1-4,9-10H;2*1H. The van der Waals surface area contributed by atoms with Crippen LogP contribution in [0.2, 0.25) is 0 Å². The molecular weight excluding hydrogens is 161 g/mol. The Bertz CT molecular complexity index is 310. The van der Waals surface area contributed by atoms with Crippen molar-refractivity contribution in [3.8, 4) is 0 Å². The van der Waals surface area contributed by atoms with Crippen LogP contribution in [0.5, 0.6) is 0 Å². The summed E-state index contributed by atoms with van der Waals surface area (Å²) in [5.41, 5.74) is -0.0372. The van der Waals surface area contributed by atoms with E-state index in [2.05, 4.69) is 0 Å². The predicted octanol–water partition coefficient (Wildman–Crippen LogP) is -0.233. The highest BCUT2D eigenvalue weighted by Crippen LogP contribution is 2.06. The highest BCUT2D eigenvalue weighted by atomic mass is 16.6. The molecule has 0 heterocycles. The molecule has 0 radical (unpaired) electrons. The Morgan fingerprint density at radius 1 is 1.50 bits per heavy atom. The van der Waals surface area contributed by atoms with Gasteiger partial charge in [0.15, 0.2) is 0 Å². The Morgan fingerprint density at radius 2 is 2.17 bits per heavy atom. The van der Waals surface area contributed by atoms with Gasteiger partial charge in [-0.2, -0.15) is 0 Å². The molecule has 1 rings (SSSR count). The van der Waals surface area contributed by atoms with Crippen molar-refractivity contribution < 1.29 is 17.8 Å². The molecule has 0 bridgehead atoms. The number of hydrogen-bond donors (Lipinski definition) is 2. The Hall–Kier alpha value is -1.40. The van der Waals surface area contributed by atoms with Crippen molar-refractivity contribution in [3.63, 3.8) is 0 Å². The Kier molecular flexibility index (Phi) is 2.42. The molecule has 0 aliphatic rings. The SMILES string of the molecule is O=[N+]([O-])c1cccc(B(O)O)c1.[HH].[HH]. The van der Waals surface area contributed by atoms with Crippen LogP contribution < -0.4 is 5.46 Å². The molecular formula is C6H10BNO4. The summed E-state index contributed by atoms with van der Waals surface area (Å²) in [6.45, 7) is 0. The number of nitro groups is 1. The maximum atomic E-state index is 10.2. The number of rotatable bonds is 2. The monoisotopic (exact) mass is 171 g/mol. The van der Waals surface area contributed by atoms with E-state index in [0.29, 0.717) is 0 Å². The number of hydrogen-bond acceptors (Lipinski definition) is 4. The van der Waals surface area contributed by atoms with Crippen LogP contribution in [0.25, 0.3) is 0 Å². The number of nitro benzene ring substituents is 1. The lowest BCUT2D eigenvalue weighted by Crippen LogP contribution is -2.29. The maximum Gasteiger partial charge on any atom is 0.488 e. The van der Waals surface area contributed by atoms with Gasteiger partial charge in [0.2, 0.25) is 0 Å². The van der Waals surface area contributed by atoms with Crippen LogP contribution in [0.15, 0.2) is 24.3 Å². The lowest BCUT2D eigenvalue weighted by atomic mass is 9.80. The van der Waals surface area contributed by atoms with Crippen LogP contribution in [0.4, 0.5) is 5.69 Å². The molecule has 0 spiro atoms. The van der Waals surface area contributed by atoms with Crippen LogP contribution in [0.1, 0.15) is 2.85 Å². The van der Waals surface area contributed by atoms with E-state index < -0.39 is 12.0 Å². The molecule has 2 N–H and O–H groups in total. The van der Waals surface area contributed by atoms with E-state index in [1.165, 1.54) is 18.2 Å². The number of non-ortho nitro benzene ring substituents is 1. The average molecular weight is 171 g/mol. The zero-order valence-electron chi connectivity index (χ0n) is 6.04. The Balaban J connectivity index is 0. The van der Waals surface area contributed by atoms with Crippen molar-refractivity contribution in [3.05, 3.63) is 34.4 Å². The van der Waals surface area contributed by atoms with Gasteiger partial charge in [-0.3, -0.25) is 10.1 Å². The van der Waals surface area contributed by atoms with E-state index in [1.807, 2.05) is 0 Å². The van der Waals surface area contributed by atoms with Crippen LogP contribution in [-0.4, -0.2) is 22.1 Å². The van der Waals surface area contributed by atoms with Gasteiger partial charge in [-0.25, -0.2) is 0 Å². The van der Waals surface area contributed by atoms with E-state index in [-0.39, 0.29) is 14.0 Å². The first-order valence-corrected chi connectivity index (χ1v) is 3.22. The van der Waals surface area contributed by atoms with Gasteiger partial charge in [0.25, 0.3) is 5.69 Å². The van der Waals surface area contributed by atoms with Crippen molar-refractivity contribution in [1.29, 1.82) is 0 Å². The van der Waals surface area contributed by atoms with Crippen LogP contribution >= 0.6 is 0 Å². The number of nitrogens with zero attached hydrogens (tertiary/aromatic N) is 1. The molecule has 66 valence electrons. The third-order valence-corrected chi connectivity index (χ3v) is 1.38. The molecule has 12 heavy (non-hydrogen) atoms. The van der Waals surface area contributed by atoms with E-state index in [1.54, 1.807) is 0 Å². The summed E-state index contributed by atoms with van der Waals surface area (Å²) in [6.07, 6.45) is 0. The van der Waals surface area contributed by atoms with Crippen molar-refractivity contribution in [2.45, 2.75) is 0 Å². The largest absolute Gasteiger partial charge is 0.488 e. The number of benzene rings is 1. The van der Waals surface area contributed by atoms with Crippen LogP contribution in [0, 0.1) is 10.1 Å². The summed E-state index contributed by atoms with van der Waals surface area (Å²) >= 11 is 0. The molecule has 0 aliphatic carbocycles. The zero-order valence-corrected chi connectivity index (χ0v) is 6.04. The van der Waals surface area contributed by atoms with Gasteiger partial charge in [0, 0.05) is 15.0 Å². The van der Waals surface area contributed by atoms with Crippen molar-refractivity contribution >= 4 is 18.3 Å². The molecule has 0 unspecified atom stereocenters. The maximum absolute atomic E-state index is 10.2. The van der Waals surface area contributed by atoms with Gasteiger partial charge >= 0.3 is 7.12 Å². The van der Waals surface area contributed by atoms with Gasteiger partial charge in [0.05, 0.1) is 4.92 Å². The molecule has 0 atom stereocenters. The molecule has 6 heteroatoms. The van der Waals surface area contributed by atoms with Gasteiger partial charge in [-0.05, 0) is 5.46 Å². The van der Waals surface area contributed by atoms with E-state index in [4.69, 9.17) is 10.0 Å². The Labute approximate surface area is 71.5 Å². The highest BCUT2D eigenvalue weighted by molar-refractivity contribution is 6.58. The van der Waals surface area contributed by atoms with Crippen LogP contribution in [0.3, 0.4) is 0 Å². The third kappa shape index (κ3) is 1.80. The molecule has 0 saturated carbocycles. The van der Waals surface area contributed by atoms with Crippen molar-refractivity contribution in [2.75, 3.05) is 0 Å². The van der Waals surface area contributed by atoms with E-state index >= 15 is 0 Å². The lowest BCUT2D eigenvalue weighted by molar-refractivity contribution is -0.384. The third-order valence-electron chi connectivity index (χ3n) is 1.38. The smallest absolute Gasteiger partial charge is 0.423 e. The topological polar surface area (TPSA) is 83.6 Å². The summed E-state index contributed by atoms with van der Waals surface area (Å²) in [7, 11) is -1.66. The zero-order chi connectivity index (χ0) is 9.14. The summed E-state index contributed by atoms with van der Waals surface area (Å²) in [4.78, 5) is 9.63. The van der Waals surface area contributed by atoms with Gasteiger partial charge in [-0.1, -0.05) is 12.1 Å². The fourth-order valence-electron chi connectivity index (χ4n) is 0.799. The Morgan fingerprint density at radius 3 is 2.67 bits per heavy atom. The molecule has 0 amide bonds. The quantitative estimate of drug-likeness (QED) is 0.365. The molecule has 0 saturated heterocycles. The minimum atomic E-state index is -1.66. The molecule has 1 aromatic carbocycles. The normalized spacial score (nSPS) is 9.50. The molecule has 0 aromatic heterocycles. The first-order chi connectivity index (χ1) is 5.61. The summed E-state index contributed by atoms with van der Waals surface area (Å²) < 4.78 is 0. The molecule has 0 aliphatic heterocycles. The minimum absolute atomic E-state index is 0. The van der Waals surface area contributed by atoms with E-state index in [9.17, 15) is 10.1 Å². The summed E-state index contributed by atoms with van der Waals surface area (Å²) in [5, 5.41) is 27.5. The lowest BCUT2D eigenvalue weighted by Gasteiger charge is -1.97. The second kappa shape index (κ2) is 3.33. The second-order valence-electron chi connectivity index (χ2n) is 2.23. The molecule has 5 nitrogen and oxygen atoms in total. The molecule has 0 fully saturated rings. The highest BCUT2D eigenvalue weighted by Gasteiger charge is 2.14. The minimum Gasteiger partial charge on any atom is -0.423 e. The fraction of sp³-hybridized carbons (Fsp3) is 0. The first-order valence-electron chi connectivity index (χ1n) is 3.22. The van der Waals surface area contributed by atoms with Crippen LogP contribution in [-0.2, 0) is 0 Å². The second-order valence-corrected chi connectivity index (χ2v) is 2.23.